The van der Waals surface area contributed by atoms with E-state index in [0.29, 0.717) is 28.0 Å². The summed E-state index contributed by atoms with van der Waals surface area (Å²) in [4.78, 5) is 43.9. The number of aromatic amines is 1. The number of aromatic nitrogens is 2. The second-order valence-electron chi connectivity index (χ2n) is 7.86. The highest BCUT2D eigenvalue weighted by Crippen LogP contribution is 2.25. The van der Waals surface area contributed by atoms with Crippen molar-refractivity contribution < 1.29 is 24.2 Å². The number of aliphatic carboxylic acids is 2. The molecule has 0 fully saturated rings. The van der Waals surface area contributed by atoms with E-state index < -0.39 is 23.1 Å². The molecule has 3 N–H and O–H groups in total. The van der Waals surface area contributed by atoms with Gasteiger partial charge in [-0.15, -0.1) is 0 Å². The Kier molecular flexibility index (Phi) is 6.32. The van der Waals surface area contributed by atoms with Crippen LogP contribution in [0, 0.1) is 0 Å². The summed E-state index contributed by atoms with van der Waals surface area (Å²) in [6, 6.07) is 12.9. The van der Waals surface area contributed by atoms with Gasteiger partial charge in [0.25, 0.3) is 0 Å². The molecular formula is C26H21N3O6. The van der Waals surface area contributed by atoms with E-state index in [0.717, 1.165) is 22.7 Å². The molecule has 0 saturated carbocycles. The molecule has 176 valence electrons. The minimum atomic E-state index is -1.51. The van der Waals surface area contributed by atoms with Crippen molar-refractivity contribution in [3.05, 3.63) is 88.3 Å². The highest BCUT2D eigenvalue weighted by molar-refractivity contribution is 6.12. The first-order valence-electron chi connectivity index (χ1n) is 10.5. The molecule has 9 heteroatoms. The van der Waals surface area contributed by atoms with Crippen molar-refractivity contribution in [2.75, 3.05) is 19.0 Å². The van der Waals surface area contributed by atoms with Crippen LogP contribution in [0.2, 0.25) is 0 Å². The molecule has 2 aromatic carbocycles. The summed E-state index contributed by atoms with van der Waals surface area (Å²) in [5, 5.41) is 18.4. The van der Waals surface area contributed by atoms with Gasteiger partial charge in [0.05, 0.1) is 11.0 Å². The van der Waals surface area contributed by atoms with Gasteiger partial charge in [-0.05, 0) is 42.0 Å². The van der Waals surface area contributed by atoms with Crippen LogP contribution in [0.1, 0.15) is 5.56 Å². The number of nitrogens with zero attached hydrogens (tertiary/aromatic N) is 2. The van der Waals surface area contributed by atoms with Crippen molar-refractivity contribution in [2.45, 2.75) is 0 Å². The van der Waals surface area contributed by atoms with Crippen LogP contribution in [0.25, 0.3) is 39.5 Å². The molecule has 4 aromatic rings. The molecule has 0 saturated heterocycles. The van der Waals surface area contributed by atoms with Crippen LogP contribution in [0.5, 0.6) is 0 Å². The number of benzene rings is 2. The minimum absolute atomic E-state index is 0.325. The Labute approximate surface area is 198 Å². The number of rotatable bonds is 7. The second-order valence-corrected chi connectivity index (χ2v) is 7.86. The molecule has 0 aliphatic carbocycles. The zero-order valence-electron chi connectivity index (χ0n) is 18.9. The Morgan fingerprint density at radius 2 is 1.77 bits per heavy atom. The monoisotopic (exact) mass is 471 g/mol. The summed E-state index contributed by atoms with van der Waals surface area (Å²) in [5.41, 5.74) is 2.73. The number of allylic oxidation sites excluding steroid dienone is 4. The lowest BCUT2D eigenvalue weighted by atomic mass is 10.1. The van der Waals surface area contributed by atoms with Crippen LogP contribution in [-0.4, -0.2) is 46.2 Å². The van der Waals surface area contributed by atoms with Gasteiger partial charge in [-0.2, -0.15) is 0 Å². The maximum absolute atomic E-state index is 12.7. The molecule has 0 radical (unpaired) electrons. The van der Waals surface area contributed by atoms with Gasteiger partial charge >= 0.3 is 17.6 Å². The van der Waals surface area contributed by atoms with E-state index in [9.17, 15) is 14.4 Å². The Morgan fingerprint density at radius 3 is 2.49 bits per heavy atom. The number of carboxylic acids is 2. The van der Waals surface area contributed by atoms with E-state index in [-0.39, 0.29) is 0 Å². The van der Waals surface area contributed by atoms with Crippen LogP contribution >= 0.6 is 0 Å². The van der Waals surface area contributed by atoms with Gasteiger partial charge in [-0.25, -0.2) is 19.4 Å². The average Bonchev–Trinajstić information content (AvgIpc) is 3.23. The summed E-state index contributed by atoms with van der Waals surface area (Å²) in [7, 11) is 3.82. The summed E-state index contributed by atoms with van der Waals surface area (Å²) in [6.07, 6.45) is 7.28. The van der Waals surface area contributed by atoms with Gasteiger partial charge in [-0.3, -0.25) is 0 Å². The standard InChI is InChI=1S/C26H21N3O6/c1-29(2)17-10-9-16-13-19(26(34)35-22(16)14-17)23-27-20-11-8-15(12-21(20)28-23)6-4-3-5-7-18(24(30)31)25(32)33/h3-14H,1-2H3,(H,27,28)(H,30,31)(H,32,33). The Hall–Kier alpha value is -4.92. The van der Waals surface area contributed by atoms with Crippen LogP contribution in [-0.2, 0) is 9.59 Å². The summed E-state index contributed by atoms with van der Waals surface area (Å²) in [6.45, 7) is 0. The molecule has 0 aliphatic rings. The molecule has 0 unspecified atom stereocenters. The third-order valence-corrected chi connectivity index (χ3v) is 5.23. The SMILES string of the molecule is CN(C)c1ccc2cc(-c3nc4ccc(C=CC=CC=C(C(=O)O)C(=O)O)cc4[nH]3)c(=O)oc2c1. The quantitative estimate of drug-likeness (QED) is 0.121. The van der Waals surface area contributed by atoms with E-state index in [1.54, 1.807) is 24.3 Å². The van der Waals surface area contributed by atoms with Crippen LogP contribution in [0.15, 0.2) is 81.6 Å². The normalized spacial score (nSPS) is 11.5. The van der Waals surface area contributed by atoms with E-state index >= 15 is 0 Å². The number of nitrogens with one attached hydrogen (secondary N) is 1. The number of fused-ring (bicyclic) bond motifs is 2. The molecule has 0 atom stereocenters. The second kappa shape index (κ2) is 9.52. The molecule has 9 nitrogen and oxygen atoms in total. The van der Waals surface area contributed by atoms with Gasteiger partial charge in [0, 0.05) is 31.2 Å². The first kappa shape index (κ1) is 23.2. The molecule has 2 aromatic heterocycles. The average molecular weight is 471 g/mol. The minimum Gasteiger partial charge on any atom is -0.477 e. The van der Waals surface area contributed by atoms with Gasteiger partial charge in [0.15, 0.2) is 0 Å². The number of H-pyrrole nitrogens is 1. The Morgan fingerprint density at radius 1 is 1.00 bits per heavy atom. The topological polar surface area (TPSA) is 137 Å². The summed E-state index contributed by atoms with van der Waals surface area (Å²) in [5.74, 6) is -2.62. The molecular weight excluding hydrogens is 450 g/mol. The summed E-state index contributed by atoms with van der Waals surface area (Å²) < 4.78 is 5.54. The molecule has 0 bridgehead atoms. The lowest BCUT2D eigenvalue weighted by molar-refractivity contribution is -0.140. The zero-order valence-corrected chi connectivity index (χ0v) is 18.9. The van der Waals surface area contributed by atoms with Crippen molar-refractivity contribution in [3.63, 3.8) is 0 Å². The van der Waals surface area contributed by atoms with Crippen LogP contribution in [0.4, 0.5) is 5.69 Å². The predicted molar refractivity (Wildman–Crippen MR) is 133 cm³/mol. The van der Waals surface area contributed by atoms with Crippen molar-refractivity contribution in [1.82, 2.24) is 9.97 Å². The van der Waals surface area contributed by atoms with E-state index in [1.807, 2.05) is 49.3 Å². The maximum Gasteiger partial charge on any atom is 0.347 e. The molecule has 2 heterocycles. The molecule has 0 spiro atoms. The largest absolute Gasteiger partial charge is 0.477 e. The molecule has 0 amide bonds. The van der Waals surface area contributed by atoms with E-state index in [4.69, 9.17) is 14.6 Å². The number of anilines is 1. The predicted octanol–water partition coefficient (Wildman–Crippen LogP) is 4.07. The van der Waals surface area contributed by atoms with Crippen molar-refractivity contribution >= 4 is 45.7 Å². The fourth-order valence-corrected chi connectivity index (χ4v) is 3.42. The number of carboxylic acid groups (broad SMARTS) is 2. The zero-order chi connectivity index (χ0) is 25.1. The number of hydrogen-bond acceptors (Lipinski definition) is 6. The van der Waals surface area contributed by atoms with Crippen LogP contribution in [0.3, 0.4) is 0 Å². The maximum atomic E-state index is 12.7. The first-order valence-corrected chi connectivity index (χ1v) is 10.5. The van der Waals surface area contributed by atoms with Crippen molar-refractivity contribution in [2.24, 2.45) is 0 Å². The third-order valence-electron chi connectivity index (χ3n) is 5.23. The van der Waals surface area contributed by atoms with Crippen molar-refractivity contribution in [3.8, 4) is 11.4 Å². The van der Waals surface area contributed by atoms with E-state index in [1.165, 1.54) is 12.2 Å². The number of carbonyl (C=O) groups is 2. The van der Waals surface area contributed by atoms with Gasteiger partial charge < -0.3 is 24.5 Å². The summed E-state index contributed by atoms with van der Waals surface area (Å²) >= 11 is 0. The van der Waals surface area contributed by atoms with Crippen LogP contribution < -0.4 is 10.5 Å². The van der Waals surface area contributed by atoms with Gasteiger partial charge in [0.1, 0.15) is 22.5 Å². The number of hydrogen-bond donors (Lipinski definition) is 3. The molecule has 0 aliphatic heterocycles. The van der Waals surface area contributed by atoms with Gasteiger partial charge in [-0.1, -0.05) is 30.4 Å². The fraction of sp³-hybridized carbons (Fsp3) is 0.0769. The Bertz CT molecular complexity index is 1590. The van der Waals surface area contributed by atoms with E-state index in [2.05, 4.69) is 9.97 Å². The van der Waals surface area contributed by atoms with Crippen molar-refractivity contribution in [1.29, 1.82) is 0 Å². The lowest BCUT2D eigenvalue weighted by Gasteiger charge is -2.12. The third kappa shape index (κ3) is 5.03. The molecule has 4 rings (SSSR count). The lowest BCUT2D eigenvalue weighted by Crippen LogP contribution is -2.10. The first-order chi connectivity index (χ1) is 16.7. The highest BCUT2D eigenvalue weighted by atomic mass is 16.4. The Balaban J connectivity index is 1.60. The fourth-order valence-electron chi connectivity index (χ4n) is 3.42. The highest BCUT2D eigenvalue weighted by Gasteiger charge is 2.14. The number of imidazole rings is 1. The van der Waals surface area contributed by atoms with Gasteiger partial charge in [0.2, 0.25) is 0 Å². The smallest absolute Gasteiger partial charge is 0.347 e. The molecule has 35 heavy (non-hydrogen) atoms.